The van der Waals surface area contributed by atoms with Crippen LogP contribution in [0.1, 0.15) is 32.1 Å². The van der Waals surface area contributed by atoms with E-state index in [1.807, 2.05) is 4.90 Å². The van der Waals surface area contributed by atoms with Gasteiger partial charge in [0.2, 0.25) is 5.91 Å². The van der Waals surface area contributed by atoms with E-state index in [-0.39, 0.29) is 0 Å². The third-order valence-corrected chi connectivity index (χ3v) is 3.53. The molecule has 2 rings (SSSR count). The van der Waals surface area contributed by atoms with E-state index < -0.39 is 0 Å². The molecule has 0 aromatic rings. The number of nitrogens with zero attached hydrogens (tertiary/aromatic N) is 1. The topological polar surface area (TPSA) is 32.3 Å². The normalized spacial score (nSPS) is 23.3. The van der Waals surface area contributed by atoms with Crippen LogP contribution in [0.15, 0.2) is 0 Å². The molecule has 0 aromatic carbocycles. The summed E-state index contributed by atoms with van der Waals surface area (Å²) in [5.74, 6) is 1.14. The molecule has 3 nitrogen and oxygen atoms in total. The minimum atomic E-state index is 0.363. The molecule has 2 fully saturated rings. The number of hydrogen-bond donors (Lipinski definition) is 1. The molecule has 0 unspecified atom stereocenters. The van der Waals surface area contributed by atoms with Gasteiger partial charge in [0.15, 0.2) is 0 Å². The maximum Gasteiger partial charge on any atom is 0.222 e. The number of piperidine rings is 1. The Morgan fingerprint density at radius 3 is 2.87 bits per heavy atom. The highest BCUT2D eigenvalue weighted by molar-refractivity contribution is 5.76. The average Bonchev–Trinajstić information content (AvgIpc) is 2.81. The van der Waals surface area contributed by atoms with Gasteiger partial charge in [-0.3, -0.25) is 4.79 Å². The summed E-state index contributed by atoms with van der Waals surface area (Å²) in [4.78, 5) is 13.8. The Balaban J connectivity index is 1.65. The van der Waals surface area contributed by atoms with Crippen molar-refractivity contribution in [2.75, 3.05) is 26.2 Å². The first-order valence-electron chi connectivity index (χ1n) is 6.16. The van der Waals surface area contributed by atoms with Crippen LogP contribution in [0, 0.1) is 12.3 Å². The molecule has 0 aliphatic carbocycles. The van der Waals surface area contributed by atoms with Crippen LogP contribution < -0.4 is 5.32 Å². The van der Waals surface area contributed by atoms with Crippen molar-refractivity contribution in [3.05, 3.63) is 6.42 Å². The Kier molecular flexibility index (Phi) is 4.01. The van der Waals surface area contributed by atoms with Gasteiger partial charge in [-0.05, 0) is 51.1 Å². The number of carbonyl (C=O) groups is 1. The summed E-state index contributed by atoms with van der Waals surface area (Å²) in [5.41, 5.74) is 0. The van der Waals surface area contributed by atoms with Crippen molar-refractivity contribution >= 4 is 5.91 Å². The Morgan fingerprint density at radius 1 is 1.40 bits per heavy atom. The summed E-state index contributed by atoms with van der Waals surface area (Å²) >= 11 is 0. The van der Waals surface area contributed by atoms with Crippen molar-refractivity contribution in [3.8, 4) is 0 Å². The van der Waals surface area contributed by atoms with Gasteiger partial charge in [-0.25, -0.2) is 0 Å². The number of rotatable bonds is 3. The molecule has 0 saturated carbocycles. The van der Waals surface area contributed by atoms with Crippen molar-refractivity contribution in [1.29, 1.82) is 0 Å². The minimum Gasteiger partial charge on any atom is -0.342 e. The molecule has 0 spiro atoms. The predicted octanol–water partition coefficient (Wildman–Crippen LogP) is 1.20. The van der Waals surface area contributed by atoms with Crippen molar-refractivity contribution in [3.63, 3.8) is 0 Å². The first-order chi connectivity index (χ1) is 7.36. The van der Waals surface area contributed by atoms with E-state index >= 15 is 0 Å². The molecule has 1 radical (unpaired) electrons. The van der Waals surface area contributed by atoms with Crippen LogP contribution in [0.3, 0.4) is 0 Å². The second-order valence-electron chi connectivity index (χ2n) is 4.65. The zero-order chi connectivity index (χ0) is 10.5. The van der Waals surface area contributed by atoms with Gasteiger partial charge >= 0.3 is 0 Å². The van der Waals surface area contributed by atoms with Crippen molar-refractivity contribution < 1.29 is 4.79 Å². The largest absolute Gasteiger partial charge is 0.342 e. The van der Waals surface area contributed by atoms with Crippen LogP contribution in [0.5, 0.6) is 0 Å². The van der Waals surface area contributed by atoms with Gasteiger partial charge in [-0.15, -0.1) is 0 Å². The fourth-order valence-electron chi connectivity index (χ4n) is 2.47. The third kappa shape index (κ3) is 3.20. The first kappa shape index (κ1) is 10.9. The minimum absolute atomic E-state index is 0.363. The van der Waals surface area contributed by atoms with Crippen LogP contribution >= 0.6 is 0 Å². The summed E-state index contributed by atoms with van der Waals surface area (Å²) in [5, 5.41) is 3.36. The Bertz CT molecular complexity index is 206. The van der Waals surface area contributed by atoms with E-state index in [1.165, 1.54) is 12.8 Å². The third-order valence-electron chi connectivity index (χ3n) is 3.53. The molecule has 3 heteroatoms. The van der Waals surface area contributed by atoms with E-state index in [1.54, 1.807) is 0 Å². The van der Waals surface area contributed by atoms with Gasteiger partial charge in [0, 0.05) is 19.5 Å². The lowest BCUT2D eigenvalue weighted by Crippen LogP contribution is -2.30. The predicted molar refractivity (Wildman–Crippen MR) is 60.3 cm³/mol. The quantitative estimate of drug-likeness (QED) is 0.757. The molecule has 2 aliphatic rings. The zero-order valence-corrected chi connectivity index (χ0v) is 9.37. The van der Waals surface area contributed by atoms with Gasteiger partial charge in [0.25, 0.3) is 0 Å². The molecular formula is C12H21N2O. The lowest BCUT2D eigenvalue weighted by molar-refractivity contribution is -0.130. The Labute approximate surface area is 92.2 Å². The second kappa shape index (κ2) is 5.50. The van der Waals surface area contributed by atoms with Crippen LogP contribution in [0.2, 0.25) is 0 Å². The van der Waals surface area contributed by atoms with Crippen LogP contribution in [0.25, 0.3) is 0 Å². The van der Waals surface area contributed by atoms with Crippen LogP contribution in [-0.4, -0.2) is 37.0 Å². The second-order valence-corrected chi connectivity index (χ2v) is 4.65. The first-order valence-corrected chi connectivity index (χ1v) is 6.16. The zero-order valence-electron chi connectivity index (χ0n) is 9.37. The molecule has 0 aromatic heterocycles. The standard InChI is InChI=1S/C12H21N2O/c15-12(14-9-1-2-10-14)4-3-11-5-7-13-8-6-11/h1,11,13H,2-10H2. The van der Waals surface area contributed by atoms with E-state index in [9.17, 15) is 4.79 Å². The fraction of sp³-hybridized carbons (Fsp3) is 0.833. The molecule has 1 amide bonds. The van der Waals surface area contributed by atoms with Gasteiger partial charge < -0.3 is 10.2 Å². The SMILES string of the molecule is O=C(CCC1CCNCC1)N1C[CH]CC1. The lowest BCUT2D eigenvalue weighted by atomic mass is 9.93. The van der Waals surface area contributed by atoms with Crippen LogP contribution in [0.4, 0.5) is 0 Å². The molecule has 2 heterocycles. The summed E-state index contributed by atoms with van der Waals surface area (Å²) < 4.78 is 0. The monoisotopic (exact) mass is 209 g/mol. The average molecular weight is 209 g/mol. The summed E-state index contributed by atoms with van der Waals surface area (Å²) in [6.45, 7) is 4.10. The van der Waals surface area contributed by atoms with Crippen molar-refractivity contribution in [2.45, 2.75) is 32.1 Å². The highest BCUT2D eigenvalue weighted by Gasteiger charge is 2.20. The number of amides is 1. The van der Waals surface area contributed by atoms with E-state index in [4.69, 9.17) is 0 Å². The summed E-state index contributed by atoms with van der Waals surface area (Å²) in [7, 11) is 0. The van der Waals surface area contributed by atoms with Crippen molar-refractivity contribution in [2.24, 2.45) is 5.92 Å². The van der Waals surface area contributed by atoms with Gasteiger partial charge in [-0.1, -0.05) is 0 Å². The van der Waals surface area contributed by atoms with Crippen LogP contribution in [-0.2, 0) is 4.79 Å². The summed E-state index contributed by atoms with van der Waals surface area (Å²) in [6, 6.07) is 0. The molecule has 0 bridgehead atoms. The summed E-state index contributed by atoms with van der Waals surface area (Å²) in [6.07, 6.45) is 7.63. The molecular weight excluding hydrogens is 188 g/mol. The van der Waals surface area contributed by atoms with Crippen molar-refractivity contribution in [1.82, 2.24) is 10.2 Å². The van der Waals surface area contributed by atoms with Gasteiger partial charge in [0.1, 0.15) is 0 Å². The Hall–Kier alpha value is -0.570. The maximum atomic E-state index is 11.8. The smallest absolute Gasteiger partial charge is 0.222 e. The highest BCUT2D eigenvalue weighted by Crippen LogP contribution is 2.19. The molecule has 1 N–H and O–H groups in total. The molecule has 2 saturated heterocycles. The number of carbonyl (C=O) groups excluding carboxylic acids is 1. The number of nitrogens with one attached hydrogen (secondary N) is 1. The van der Waals surface area contributed by atoms with E-state index in [2.05, 4.69) is 11.7 Å². The fourth-order valence-corrected chi connectivity index (χ4v) is 2.47. The number of hydrogen-bond acceptors (Lipinski definition) is 2. The molecule has 0 atom stereocenters. The maximum absolute atomic E-state index is 11.8. The lowest BCUT2D eigenvalue weighted by Gasteiger charge is -2.23. The highest BCUT2D eigenvalue weighted by atomic mass is 16.2. The van der Waals surface area contributed by atoms with E-state index in [0.29, 0.717) is 5.91 Å². The molecule has 85 valence electrons. The van der Waals surface area contributed by atoms with E-state index in [0.717, 1.165) is 51.4 Å². The Morgan fingerprint density at radius 2 is 2.20 bits per heavy atom. The van der Waals surface area contributed by atoms with Gasteiger partial charge in [-0.2, -0.15) is 0 Å². The molecule has 15 heavy (non-hydrogen) atoms. The van der Waals surface area contributed by atoms with Gasteiger partial charge in [0.05, 0.1) is 0 Å². The molecule has 2 aliphatic heterocycles. The number of likely N-dealkylation sites (tertiary alicyclic amines) is 1.